The summed E-state index contributed by atoms with van der Waals surface area (Å²) >= 11 is 0. The lowest BCUT2D eigenvalue weighted by molar-refractivity contribution is 0.109. The van der Waals surface area contributed by atoms with Gasteiger partial charge in [-0.3, -0.25) is 0 Å². The second kappa shape index (κ2) is 5.90. The lowest BCUT2D eigenvalue weighted by Crippen LogP contribution is -2.09. The van der Waals surface area contributed by atoms with Crippen LogP contribution in [-0.4, -0.2) is 19.8 Å². The quantitative estimate of drug-likeness (QED) is 0.711. The zero-order chi connectivity index (χ0) is 12.1. The van der Waals surface area contributed by atoms with Crippen molar-refractivity contribution in [2.24, 2.45) is 0 Å². The number of benzene rings is 1. The van der Waals surface area contributed by atoms with Gasteiger partial charge in [-0.1, -0.05) is 6.07 Å². The largest absolute Gasteiger partial charge is 0.491 e. The molecule has 0 aliphatic rings. The summed E-state index contributed by atoms with van der Waals surface area (Å²) in [6.45, 7) is 12.5. The minimum absolute atomic E-state index is 0.623. The van der Waals surface area contributed by atoms with E-state index < -0.39 is 0 Å². The number of hydrogen-bond donors (Lipinski definition) is 0. The summed E-state index contributed by atoms with van der Waals surface area (Å²) in [4.78, 5) is 0. The molecule has 0 fully saturated rings. The Bertz CT molecular complexity index is 330. The van der Waals surface area contributed by atoms with E-state index in [0.717, 1.165) is 12.4 Å². The van der Waals surface area contributed by atoms with Gasteiger partial charge in [-0.2, -0.15) is 0 Å². The number of hydrogen-bond acceptors (Lipinski definition) is 2. The van der Waals surface area contributed by atoms with Crippen LogP contribution in [0, 0.1) is 27.7 Å². The molecule has 0 aliphatic carbocycles. The highest BCUT2D eigenvalue weighted by Crippen LogP contribution is 2.28. The van der Waals surface area contributed by atoms with E-state index in [0.29, 0.717) is 13.2 Å². The van der Waals surface area contributed by atoms with Crippen LogP contribution in [0.5, 0.6) is 5.75 Å². The van der Waals surface area contributed by atoms with Crippen molar-refractivity contribution >= 4 is 0 Å². The molecule has 0 spiro atoms. The van der Waals surface area contributed by atoms with E-state index in [4.69, 9.17) is 9.47 Å². The highest BCUT2D eigenvalue weighted by Gasteiger charge is 2.09. The predicted octanol–water partition coefficient (Wildman–Crippen LogP) is 3.34. The van der Waals surface area contributed by atoms with Crippen molar-refractivity contribution in [2.45, 2.75) is 34.6 Å². The maximum atomic E-state index is 5.81. The molecule has 0 atom stereocenters. The molecule has 0 bridgehead atoms. The summed E-state index contributed by atoms with van der Waals surface area (Å²) in [5, 5.41) is 0. The van der Waals surface area contributed by atoms with Crippen LogP contribution < -0.4 is 4.74 Å². The lowest BCUT2D eigenvalue weighted by atomic mass is 10.0. The molecular formula is C14H22O2. The van der Waals surface area contributed by atoms with Crippen LogP contribution in [0.3, 0.4) is 0 Å². The van der Waals surface area contributed by atoms with Gasteiger partial charge in [0.2, 0.25) is 0 Å². The average Bonchev–Trinajstić information content (AvgIpc) is 2.25. The van der Waals surface area contributed by atoms with Gasteiger partial charge in [0.05, 0.1) is 6.61 Å². The molecule has 1 rings (SSSR count). The standard InChI is InChI=1S/C14H22O2/c1-6-15-7-8-16-14-12(4)10(2)9-11(3)13(14)5/h9H,6-8H2,1-5H3. The molecule has 0 saturated carbocycles. The first kappa shape index (κ1) is 13.0. The topological polar surface area (TPSA) is 18.5 Å². The first-order chi connectivity index (χ1) is 7.57. The molecule has 0 aromatic heterocycles. The van der Waals surface area contributed by atoms with Crippen molar-refractivity contribution in [2.75, 3.05) is 19.8 Å². The van der Waals surface area contributed by atoms with Gasteiger partial charge in [-0.25, -0.2) is 0 Å². The Labute approximate surface area is 98.6 Å². The Morgan fingerprint density at radius 2 is 1.50 bits per heavy atom. The van der Waals surface area contributed by atoms with Crippen LogP contribution in [0.1, 0.15) is 29.2 Å². The molecule has 1 aromatic carbocycles. The number of ether oxygens (including phenoxy) is 2. The predicted molar refractivity (Wildman–Crippen MR) is 67.4 cm³/mol. The second-order valence-corrected chi connectivity index (χ2v) is 4.13. The van der Waals surface area contributed by atoms with Gasteiger partial charge in [-0.15, -0.1) is 0 Å². The molecule has 2 nitrogen and oxygen atoms in total. The van der Waals surface area contributed by atoms with Crippen LogP contribution in [0.4, 0.5) is 0 Å². The molecule has 0 radical (unpaired) electrons. The Morgan fingerprint density at radius 1 is 0.938 bits per heavy atom. The monoisotopic (exact) mass is 222 g/mol. The number of aryl methyl sites for hydroxylation is 2. The fraction of sp³-hybridized carbons (Fsp3) is 0.571. The van der Waals surface area contributed by atoms with E-state index in [1.54, 1.807) is 0 Å². The van der Waals surface area contributed by atoms with Gasteiger partial charge < -0.3 is 9.47 Å². The smallest absolute Gasteiger partial charge is 0.125 e. The third kappa shape index (κ3) is 2.99. The van der Waals surface area contributed by atoms with Crippen LogP contribution >= 0.6 is 0 Å². The fourth-order valence-electron chi connectivity index (χ4n) is 1.74. The third-order valence-electron chi connectivity index (χ3n) is 2.98. The van der Waals surface area contributed by atoms with Gasteiger partial charge in [0.1, 0.15) is 12.4 Å². The molecule has 16 heavy (non-hydrogen) atoms. The van der Waals surface area contributed by atoms with Gasteiger partial charge in [0.25, 0.3) is 0 Å². The first-order valence-corrected chi connectivity index (χ1v) is 5.85. The summed E-state index contributed by atoms with van der Waals surface area (Å²) in [6, 6.07) is 2.21. The van der Waals surface area contributed by atoms with Crippen molar-refractivity contribution < 1.29 is 9.47 Å². The van der Waals surface area contributed by atoms with E-state index in [-0.39, 0.29) is 0 Å². The highest BCUT2D eigenvalue weighted by atomic mass is 16.5. The van der Waals surface area contributed by atoms with Crippen LogP contribution in [0.25, 0.3) is 0 Å². The van der Waals surface area contributed by atoms with Gasteiger partial charge in [0, 0.05) is 6.61 Å². The maximum Gasteiger partial charge on any atom is 0.125 e. The zero-order valence-electron chi connectivity index (χ0n) is 11.0. The summed E-state index contributed by atoms with van der Waals surface area (Å²) in [5.74, 6) is 1.03. The molecule has 1 aromatic rings. The Balaban J connectivity index is 2.78. The molecule has 0 saturated heterocycles. The second-order valence-electron chi connectivity index (χ2n) is 4.13. The Morgan fingerprint density at radius 3 is 2.00 bits per heavy atom. The Kier molecular flexibility index (Phi) is 4.81. The molecule has 0 heterocycles. The van der Waals surface area contributed by atoms with E-state index in [2.05, 4.69) is 33.8 Å². The molecule has 0 amide bonds. The molecule has 2 heteroatoms. The SMILES string of the molecule is CCOCCOc1c(C)c(C)cc(C)c1C. The van der Waals surface area contributed by atoms with E-state index in [1.165, 1.54) is 22.3 Å². The van der Waals surface area contributed by atoms with Crippen molar-refractivity contribution in [1.82, 2.24) is 0 Å². The summed E-state index contributed by atoms with van der Waals surface area (Å²) in [7, 11) is 0. The molecule has 90 valence electrons. The van der Waals surface area contributed by atoms with Crippen molar-refractivity contribution in [1.29, 1.82) is 0 Å². The molecule has 0 N–H and O–H groups in total. The summed E-state index contributed by atoms with van der Waals surface area (Å²) in [6.07, 6.45) is 0. The van der Waals surface area contributed by atoms with Crippen molar-refractivity contribution in [3.05, 3.63) is 28.3 Å². The summed E-state index contributed by atoms with van der Waals surface area (Å²) < 4.78 is 11.1. The van der Waals surface area contributed by atoms with E-state index in [1.807, 2.05) is 6.92 Å². The van der Waals surface area contributed by atoms with Gasteiger partial charge in [0.15, 0.2) is 0 Å². The zero-order valence-corrected chi connectivity index (χ0v) is 11.0. The normalized spacial score (nSPS) is 10.6. The highest BCUT2D eigenvalue weighted by molar-refractivity contribution is 5.48. The van der Waals surface area contributed by atoms with Crippen LogP contribution in [0.15, 0.2) is 6.07 Å². The van der Waals surface area contributed by atoms with Crippen molar-refractivity contribution in [3.8, 4) is 5.75 Å². The fourth-order valence-corrected chi connectivity index (χ4v) is 1.74. The minimum atomic E-state index is 0.623. The minimum Gasteiger partial charge on any atom is -0.491 e. The van der Waals surface area contributed by atoms with E-state index in [9.17, 15) is 0 Å². The molecule has 0 aliphatic heterocycles. The number of rotatable bonds is 5. The lowest BCUT2D eigenvalue weighted by Gasteiger charge is -2.16. The average molecular weight is 222 g/mol. The third-order valence-corrected chi connectivity index (χ3v) is 2.98. The van der Waals surface area contributed by atoms with Gasteiger partial charge >= 0.3 is 0 Å². The van der Waals surface area contributed by atoms with Crippen LogP contribution in [0.2, 0.25) is 0 Å². The summed E-state index contributed by atoms with van der Waals surface area (Å²) in [5.41, 5.74) is 5.04. The van der Waals surface area contributed by atoms with Gasteiger partial charge in [-0.05, 0) is 56.9 Å². The molecular weight excluding hydrogens is 200 g/mol. The Hall–Kier alpha value is -1.02. The first-order valence-electron chi connectivity index (χ1n) is 5.85. The van der Waals surface area contributed by atoms with Crippen molar-refractivity contribution in [3.63, 3.8) is 0 Å². The van der Waals surface area contributed by atoms with E-state index >= 15 is 0 Å². The molecule has 0 unspecified atom stereocenters. The van der Waals surface area contributed by atoms with Crippen LogP contribution in [-0.2, 0) is 4.74 Å². The maximum absolute atomic E-state index is 5.81.